The van der Waals surface area contributed by atoms with Crippen molar-refractivity contribution in [2.24, 2.45) is 0 Å². The first-order valence-electron chi connectivity index (χ1n) is 6.06. The van der Waals surface area contributed by atoms with Crippen LogP contribution in [0.4, 0.5) is 0 Å². The second-order valence-electron chi connectivity index (χ2n) is 4.57. The van der Waals surface area contributed by atoms with Crippen LogP contribution < -0.4 is 0 Å². The van der Waals surface area contributed by atoms with Gasteiger partial charge in [0.15, 0.2) is 0 Å². The molecule has 0 aliphatic carbocycles. The summed E-state index contributed by atoms with van der Waals surface area (Å²) in [5.41, 5.74) is 5.76. The standard InChI is InChI=1S/2C8H9.2ClH.Sn/c2*1-7-3-5-8(2)6-4-7;;;/h2*3-6H,1H2,2H3;2*1H;. The van der Waals surface area contributed by atoms with Crippen molar-refractivity contribution < 1.29 is 0 Å². The van der Waals surface area contributed by atoms with Crippen molar-refractivity contribution in [3.8, 4) is 0 Å². The molecule has 0 aliphatic rings. The van der Waals surface area contributed by atoms with Gasteiger partial charge in [0.05, 0.1) is 0 Å². The van der Waals surface area contributed by atoms with Crippen LogP contribution in [0.2, 0.25) is 0 Å². The summed E-state index contributed by atoms with van der Waals surface area (Å²) < 4.78 is 2.69. The number of halogens is 2. The molecule has 0 aliphatic heterocycles. The average molecular weight is 402 g/mol. The van der Waals surface area contributed by atoms with Gasteiger partial charge in [-0.25, -0.2) is 0 Å². The van der Waals surface area contributed by atoms with Gasteiger partial charge in [-0.05, 0) is 0 Å². The van der Waals surface area contributed by atoms with Crippen LogP contribution in [0, 0.1) is 13.8 Å². The Kier molecular flexibility index (Phi) is 9.59. The Morgan fingerprint density at radius 1 is 0.632 bits per heavy atom. The van der Waals surface area contributed by atoms with Crippen molar-refractivity contribution in [2.75, 3.05) is 0 Å². The SMILES string of the molecule is Cc1ccc([CH2][Sn][CH2]c2ccc(C)cc2)cc1.Cl.Cl. The molecule has 0 saturated carbocycles. The van der Waals surface area contributed by atoms with E-state index in [1.54, 1.807) is 0 Å². The molecule has 2 radical (unpaired) electrons. The second kappa shape index (κ2) is 9.68. The summed E-state index contributed by atoms with van der Waals surface area (Å²) in [5.74, 6) is 0. The van der Waals surface area contributed by atoms with Gasteiger partial charge in [-0.3, -0.25) is 0 Å². The van der Waals surface area contributed by atoms with Crippen molar-refractivity contribution in [3.05, 3.63) is 70.8 Å². The smallest absolute Gasteiger partial charge is 0.147 e. The Morgan fingerprint density at radius 2 is 0.947 bits per heavy atom. The minimum absolute atomic E-state index is 0. The summed E-state index contributed by atoms with van der Waals surface area (Å²) in [7, 11) is 0. The van der Waals surface area contributed by atoms with Gasteiger partial charge in [0.25, 0.3) is 0 Å². The third kappa shape index (κ3) is 6.69. The predicted octanol–water partition coefficient (Wildman–Crippen LogP) is 4.55. The molecule has 2 rings (SSSR count). The van der Waals surface area contributed by atoms with Crippen molar-refractivity contribution in [2.45, 2.75) is 22.7 Å². The van der Waals surface area contributed by atoms with E-state index in [9.17, 15) is 0 Å². The Balaban J connectivity index is 0.00000162. The fourth-order valence-corrected chi connectivity index (χ4v) is 5.11. The number of benzene rings is 2. The van der Waals surface area contributed by atoms with E-state index in [2.05, 4.69) is 62.4 Å². The molecule has 3 heteroatoms. The van der Waals surface area contributed by atoms with Crippen LogP contribution in [0.15, 0.2) is 48.5 Å². The minimum Gasteiger partial charge on any atom is -0.147 e. The van der Waals surface area contributed by atoms with Crippen molar-refractivity contribution in [3.63, 3.8) is 0 Å². The first-order chi connectivity index (χ1) is 8.24. The van der Waals surface area contributed by atoms with Crippen molar-refractivity contribution >= 4 is 46.0 Å². The zero-order chi connectivity index (χ0) is 12.1. The molecule has 19 heavy (non-hydrogen) atoms. The molecule has 0 aromatic heterocycles. The van der Waals surface area contributed by atoms with E-state index in [1.807, 2.05) is 0 Å². The van der Waals surface area contributed by atoms with Gasteiger partial charge in [0.1, 0.15) is 0 Å². The average Bonchev–Trinajstić information content (AvgIpc) is 2.34. The molecule has 0 nitrogen and oxygen atoms in total. The number of hydrogen-bond donors (Lipinski definition) is 0. The van der Waals surface area contributed by atoms with Gasteiger partial charge in [-0.2, -0.15) is 0 Å². The van der Waals surface area contributed by atoms with E-state index in [0.717, 1.165) is 0 Å². The quantitative estimate of drug-likeness (QED) is 0.659. The summed E-state index contributed by atoms with van der Waals surface area (Å²) >= 11 is -0.287. The normalized spacial score (nSPS) is 9.37. The Hall–Kier alpha value is -0.181. The van der Waals surface area contributed by atoms with Crippen LogP contribution in [0.1, 0.15) is 22.3 Å². The Labute approximate surface area is 139 Å². The topological polar surface area (TPSA) is 0 Å². The first kappa shape index (κ1) is 18.8. The summed E-state index contributed by atoms with van der Waals surface area (Å²) in [6.45, 7) is 4.30. The van der Waals surface area contributed by atoms with Gasteiger partial charge < -0.3 is 0 Å². The largest absolute Gasteiger partial charge is 0.147 e. The van der Waals surface area contributed by atoms with E-state index >= 15 is 0 Å². The second-order valence-corrected chi connectivity index (χ2v) is 8.02. The molecule has 0 unspecified atom stereocenters. The van der Waals surface area contributed by atoms with Gasteiger partial charge in [-0.15, -0.1) is 24.8 Å². The third-order valence-corrected chi connectivity index (χ3v) is 6.66. The molecule has 0 heterocycles. The van der Waals surface area contributed by atoms with E-state index in [4.69, 9.17) is 0 Å². The van der Waals surface area contributed by atoms with Gasteiger partial charge in [0, 0.05) is 0 Å². The molecule has 0 bridgehead atoms. The molecule has 0 saturated heterocycles. The number of aryl methyl sites for hydroxylation is 2. The summed E-state index contributed by atoms with van der Waals surface area (Å²) in [6.07, 6.45) is 0. The molecule has 102 valence electrons. The van der Waals surface area contributed by atoms with Crippen LogP contribution in [-0.4, -0.2) is 21.1 Å². The Morgan fingerprint density at radius 3 is 1.26 bits per heavy atom. The molecule has 2 aromatic carbocycles. The van der Waals surface area contributed by atoms with Crippen LogP contribution in [0.25, 0.3) is 0 Å². The summed E-state index contributed by atoms with van der Waals surface area (Å²) in [4.78, 5) is 0. The maximum atomic E-state index is 2.28. The molecule has 0 atom stereocenters. The van der Waals surface area contributed by atoms with Crippen LogP contribution in [-0.2, 0) is 8.87 Å². The fourth-order valence-electron chi connectivity index (χ4n) is 1.76. The monoisotopic (exact) mass is 402 g/mol. The van der Waals surface area contributed by atoms with Crippen LogP contribution >= 0.6 is 24.8 Å². The van der Waals surface area contributed by atoms with E-state index in [0.29, 0.717) is 0 Å². The zero-order valence-corrected chi connectivity index (χ0v) is 15.8. The third-order valence-electron chi connectivity index (χ3n) is 2.90. The molecular weight excluding hydrogens is 382 g/mol. The summed E-state index contributed by atoms with van der Waals surface area (Å²) in [6, 6.07) is 18.0. The summed E-state index contributed by atoms with van der Waals surface area (Å²) in [5, 5.41) is 0. The molecule has 0 N–H and O–H groups in total. The van der Waals surface area contributed by atoms with E-state index in [1.165, 1.54) is 31.1 Å². The zero-order valence-electron chi connectivity index (χ0n) is 11.3. The van der Waals surface area contributed by atoms with E-state index in [-0.39, 0.29) is 46.0 Å². The van der Waals surface area contributed by atoms with Gasteiger partial charge in [-0.1, -0.05) is 0 Å². The van der Waals surface area contributed by atoms with Gasteiger partial charge in [0.2, 0.25) is 0 Å². The van der Waals surface area contributed by atoms with Crippen molar-refractivity contribution in [1.82, 2.24) is 0 Å². The maximum absolute atomic E-state index is 2.28. The van der Waals surface area contributed by atoms with Crippen LogP contribution in [0.3, 0.4) is 0 Å². The van der Waals surface area contributed by atoms with E-state index < -0.39 is 0 Å². The Bertz CT molecular complexity index is 418. The first-order valence-corrected chi connectivity index (χ1v) is 10.1. The number of hydrogen-bond acceptors (Lipinski definition) is 0. The molecule has 0 amide bonds. The van der Waals surface area contributed by atoms with Crippen LogP contribution in [0.5, 0.6) is 0 Å². The van der Waals surface area contributed by atoms with Crippen molar-refractivity contribution in [1.29, 1.82) is 0 Å². The molecular formula is C16H20Cl2Sn. The maximum Gasteiger partial charge on any atom is -0.147 e. The van der Waals surface area contributed by atoms with Gasteiger partial charge >= 0.3 is 115 Å². The molecule has 2 aromatic rings. The molecule has 0 spiro atoms. The fraction of sp³-hybridized carbons (Fsp3) is 0.250. The molecule has 0 fully saturated rings. The minimum atomic E-state index is -0.287. The predicted molar refractivity (Wildman–Crippen MR) is 90.0 cm³/mol. The number of rotatable bonds is 4.